The van der Waals surface area contributed by atoms with E-state index in [0.29, 0.717) is 17.4 Å². The zero-order valence-corrected chi connectivity index (χ0v) is 10.6. The Hall–Kier alpha value is -1.94. The lowest BCUT2D eigenvalue weighted by Crippen LogP contribution is -2.00. The molecule has 0 saturated carbocycles. The largest absolute Gasteiger partial charge is 0.508 e. The molecule has 0 aliphatic heterocycles. The number of pyridine rings is 1. The van der Waals surface area contributed by atoms with Crippen molar-refractivity contribution in [2.24, 2.45) is 0 Å². The zero-order chi connectivity index (χ0) is 13.0. The van der Waals surface area contributed by atoms with Crippen LogP contribution in [0.1, 0.15) is 5.56 Å². The van der Waals surface area contributed by atoms with Crippen LogP contribution in [-0.4, -0.2) is 17.2 Å². The smallest absolute Gasteiger partial charge is 0.129 e. The lowest BCUT2D eigenvalue weighted by molar-refractivity contribution is 0.411. The first-order valence-electron chi connectivity index (χ1n) is 5.40. The number of benzene rings is 1. The summed E-state index contributed by atoms with van der Waals surface area (Å²) in [5.41, 5.74) is 1.59. The van der Waals surface area contributed by atoms with E-state index in [0.717, 1.165) is 11.3 Å². The second-order valence-corrected chi connectivity index (χ2v) is 4.11. The normalized spacial score (nSPS) is 10.1. The number of phenolic OH excluding ortho intramolecular Hbond substituents is 1. The molecule has 0 unspecified atom stereocenters. The van der Waals surface area contributed by atoms with E-state index in [1.54, 1.807) is 37.6 Å². The molecule has 0 amide bonds. The minimum absolute atomic E-state index is 0.227. The third-order valence-electron chi connectivity index (χ3n) is 2.50. The van der Waals surface area contributed by atoms with Gasteiger partial charge < -0.3 is 15.2 Å². The predicted molar refractivity (Wildman–Crippen MR) is 71.2 cm³/mol. The highest BCUT2D eigenvalue weighted by atomic mass is 35.5. The molecule has 4 nitrogen and oxygen atoms in total. The van der Waals surface area contributed by atoms with Crippen molar-refractivity contribution in [2.45, 2.75) is 6.54 Å². The minimum atomic E-state index is 0.227. The number of aromatic nitrogens is 1. The summed E-state index contributed by atoms with van der Waals surface area (Å²) in [6.45, 7) is 0.479. The number of nitrogens with zero attached hydrogens (tertiary/aromatic N) is 1. The number of nitrogens with one attached hydrogen (secondary N) is 1. The van der Waals surface area contributed by atoms with Crippen LogP contribution in [0.15, 0.2) is 36.5 Å². The second-order valence-electron chi connectivity index (χ2n) is 3.72. The average Bonchev–Trinajstić information content (AvgIpc) is 2.40. The van der Waals surface area contributed by atoms with Gasteiger partial charge in [-0.1, -0.05) is 11.6 Å². The molecule has 18 heavy (non-hydrogen) atoms. The molecule has 5 heteroatoms. The van der Waals surface area contributed by atoms with E-state index in [-0.39, 0.29) is 5.75 Å². The average molecular weight is 265 g/mol. The first-order chi connectivity index (χ1) is 8.69. The molecule has 0 fully saturated rings. The van der Waals surface area contributed by atoms with Gasteiger partial charge in [-0.25, -0.2) is 4.98 Å². The summed E-state index contributed by atoms with van der Waals surface area (Å²) in [5.74, 6) is 0.934. The van der Waals surface area contributed by atoms with E-state index < -0.39 is 0 Å². The number of anilines is 1. The minimum Gasteiger partial charge on any atom is -0.508 e. The van der Waals surface area contributed by atoms with Crippen molar-refractivity contribution in [1.29, 1.82) is 0 Å². The van der Waals surface area contributed by atoms with Gasteiger partial charge in [0, 0.05) is 12.1 Å². The van der Waals surface area contributed by atoms with Crippen molar-refractivity contribution < 1.29 is 9.84 Å². The molecule has 0 saturated heterocycles. The lowest BCUT2D eigenvalue weighted by Gasteiger charge is -2.09. The van der Waals surface area contributed by atoms with Crippen molar-refractivity contribution in [3.05, 3.63) is 47.2 Å². The van der Waals surface area contributed by atoms with Crippen LogP contribution < -0.4 is 10.1 Å². The lowest BCUT2D eigenvalue weighted by atomic mass is 10.2. The fraction of sp³-hybridized carbons (Fsp3) is 0.154. The van der Waals surface area contributed by atoms with Crippen LogP contribution in [0.25, 0.3) is 0 Å². The van der Waals surface area contributed by atoms with Gasteiger partial charge in [0.05, 0.1) is 19.0 Å². The number of phenols is 1. The number of ether oxygens (including phenoxy) is 1. The maximum atomic E-state index is 9.72. The summed E-state index contributed by atoms with van der Waals surface area (Å²) in [6.07, 6.45) is 1.64. The zero-order valence-electron chi connectivity index (χ0n) is 9.85. The highest BCUT2D eigenvalue weighted by molar-refractivity contribution is 6.29. The van der Waals surface area contributed by atoms with E-state index >= 15 is 0 Å². The molecule has 0 spiro atoms. The molecular weight excluding hydrogens is 252 g/mol. The molecule has 0 aliphatic rings. The molecule has 0 bridgehead atoms. The number of methoxy groups -OCH3 is 1. The Morgan fingerprint density at radius 2 is 2.17 bits per heavy atom. The van der Waals surface area contributed by atoms with Gasteiger partial charge in [-0.15, -0.1) is 0 Å². The summed E-state index contributed by atoms with van der Waals surface area (Å²) in [7, 11) is 1.59. The first kappa shape index (κ1) is 12.5. The van der Waals surface area contributed by atoms with Crippen molar-refractivity contribution in [1.82, 2.24) is 4.98 Å². The maximum absolute atomic E-state index is 9.72. The summed E-state index contributed by atoms with van der Waals surface area (Å²) >= 11 is 5.70. The predicted octanol–water partition coefficient (Wildman–Crippen LogP) is 3.06. The Kier molecular flexibility index (Phi) is 3.89. The molecule has 0 atom stereocenters. The van der Waals surface area contributed by atoms with Crippen molar-refractivity contribution in [3.8, 4) is 11.5 Å². The topological polar surface area (TPSA) is 54.4 Å². The molecule has 94 valence electrons. The molecule has 0 aliphatic carbocycles. The van der Waals surface area contributed by atoms with Gasteiger partial charge in [0.25, 0.3) is 0 Å². The van der Waals surface area contributed by atoms with Crippen LogP contribution in [0.2, 0.25) is 5.15 Å². The van der Waals surface area contributed by atoms with Crippen molar-refractivity contribution in [2.75, 3.05) is 12.4 Å². The number of rotatable bonds is 4. The summed E-state index contributed by atoms with van der Waals surface area (Å²) < 4.78 is 5.11. The van der Waals surface area contributed by atoms with Gasteiger partial charge in [-0.3, -0.25) is 0 Å². The van der Waals surface area contributed by atoms with Crippen LogP contribution in [-0.2, 0) is 6.54 Å². The number of halogens is 1. The standard InChI is InChI=1S/C13H13ClN2O2/c1-18-11-3-4-12(17)9(6-11)7-15-10-2-5-13(14)16-8-10/h2-6,8,15,17H,7H2,1H3. The fourth-order valence-corrected chi connectivity index (χ4v) is 1.62. The summed E-state index contributed by atoms with van der Waals surface area (Å²) in [6, 6.07) is 8.63. The number of aromatic hydroxyl groups is 1. The first-order valence-corrected chi connectivity index (χ1v) is 5.78. The summed E-state index contributed by atoms with van der Waals surface area (Å²) in [4.78, 5) is 3.96. The van der Waals surface area contributed by atoms with Gasteiger partial charge in [0.15, 0.2) is 0 Å². The molecule has 2 aromatic rings. The molecular formula is C13H13ClN2O2. The van der Waals surface area contributed by atoms with E-state index in [1.165, 1.54) is 0 Å². The van der Waals surface area contributed by atoms with Crippen molar-refractivity contribution in [3.63, 3.8) is 0 Å². The van der Waals surface area contributed by atoms with Crippen molar-refractivity contribution >= 4 is 17.3 Å². The van der Waals surface area contributed by atoms with Crippen LogP contribution >= 0.6 is 11.6 Å². The van der Waals surface area contributed by atoms with Gasteiger partial charge in [0.2, 0.25) is 0 Å². The second kappa shape index (κ2) is 5.60. The number of hydrogen-bond acceptors (Lipinski definition) is 4. The Morgan fingerprint density at radius 3 is 2.83 bits per heavy atom. The van der Waals surface area contributed by atoms with Gasteiger partial charge in [-0.2, -0.15) is 0 Å². The molecule has 1 aromatic carbocycles. The van der Waals surface area contributed by atoms with E-state index in [9.17, 15) is 5.11 Å². The number of hydrogen-bond donors (Lipinski definition) is 2. The Balaban J connectivity index is 2.07. The molecule has 2 rings (SSSR count). The monoisotopic (exact) mass is 264 g/mol. The fourth-order valence-electron chi connectivity index (χ4n) is 1.51. The van der Waals surface area contributed by atoms with Crippen LogP contribution in [0.3, 0.4) is 0 Å². The van der Waals surface area contributed by atoms with Gasteiger partial charge in [0.1, 0.15) is 16.7 Å². The maximum Gasteiger partial charge on any atom is 0.129 e. The van der Waals surface area contributed by atoms with E-state index in [1.807, 2.05) is 6.07 Å². The van der Waals surface area contributed by atoms with Gasteiger partial charge >= 0.3 is 0 Å². The highest BCUT2D eigenvalue weighted by Crippen LogP contribution is 2.23. The quantitative estimate of drug-likeness (QED) is 0.834. The summed E-state index contributed by atoms with van der Waals surface area (Å²) in [5, 5.41) is 13.3. The highest BCUT2D eigenvalue weighted by Gasteiger charge is 2.03. The molecule has 2 N–H and O–H groups in total. The SMILES string of the molecule is COc1ccc(O)c(CNc2ccc(Cl)nc2)c1. The third-order valence-corrected chi connectivity index (χ3v) is 2.72. The Bertz CT molecular complexity index is 529. The van der Waals surface area contributed by atoms with Crippen LogP contribution in [0, 0.1) is 0 Å². The van der Waals surface area contributed by atoms with Crippen LogP contribution in [0.4, 0.5) is 5.69 Å². The van der Waals surface area contributed by atoms with E-state index in [2.05, 4.69) is 10.3 Å². The molecule has 1 heterocycles. The van der Waals surface area contributed by atoms with E-state index in [4.69, 9.17) is 16.3 Å². The molecule has 1 aromatic heterocycles. The van der Waals surface area contributed by atoms with Crippen LogP contribution in [0.5, 0.6) is 11.5 Å². The Labute approximate surface area is 110 Å². The molecule has 0 radical (unpaired) electrons. The Morgan fingerprint density at radius 1 is 1.33 bits per heavy atom. The third kappa shape index (κ3) is 3.05. The van der Waals surface area contributed by atoms with Gasteiger partial charge in [-0.05, 0) is 30.3 Å².